The maximum absolute atomic E-state index is 12.5. The molecule has 2 atom stereocenters. The number of carbonyl (C=O) groups is 1. The third-order valence-electron chi connectivity index (χ3n) is 4.43. The van der Waals surface area contributed by atoms with Gasteiger partial charge in [0.2, 0.25) is 5.91 Å². The molecular weight excluding hydrogens is 292 g/mol. The molecule has 2 N–H and O–H groups in total. The minimum atomic E-state index is -0.191. The number of nitrogens with one attached hydrogen (secondary N) is 2. The molecule has 2 saturated heterocycles. The highest BCUT2D eigenvalue weighted by Gasteiger charge is 2.39. The number of H-pyrrole nitrogens is 1. The fraction of sp³-hybridized carbons (Fsp3) is 0.643. The summed E-state index contributed by atoms with van der Waals surface area (Å²) in [6.45, 7) is 6.22. The van der Waals surface area contributed by atoms with E-state index in [0.717, 1.165) is 26.1 Å². The number of hydrogen-bond acceptors (Lipinski definition) is 4. The molecule has 2 fully saturated rings. The predicted octanol–water partition coefficient (Wildman–Crippen LogP) is 0.171. The monoisotopic (exact) mass is 312 g/mol. The van der Waals surface area contributed by atoms with Gasteiger partial charge < -0.3 is 15.2 Å². The SMILES string of the molecule is Cc1nc(C)c(CC(=O)N2CC[C@H]3CNC[C@H]32)c(=O)[nH]1.Cl. The summed E-state index contributed by atoms with van der Waals surface area (Å²) in [6, 6.07) is 0.306. The van der Waals surface area contributed by atoms with Crippen LogP contribution in [0.15, 0.2) is 4.79 Å². The molecule has 0 aromatic carbocycles. The second kappa shape index (κ2) is 6.15. The molecule has 1 amide bonds. The summed E-state index contributed by atoms with van der Waals surface area (Å²) in [5, 5.41) is 3.33. The Kier molecular flexibility index (Phi) is 4.68. The fourth-order valence-corrected chi connectivity index (χ4v) is 3.37. The Morgan fingerprint density at radius 2 is 2.14 bits per heavy atom. The molecule has 116 valence electrons. The van der Waals surface area contributed by atoms with Crippen molar-refractivity contribution in [3.63, 3.8) is 0 Å². The topological polar surface area (TPSA) is 78.1 Å². The van der Waals surface area contributed by atoms with E-state index >= 15 is 0 Å². The molecule has 0 bridgehead atoms. The molecule has 0 aliphatic carbocycles. The second-order valence-electron chi connectivity index (χ2n) is 5.75. The number of aromatic amines is 1. The zero-order valence-electron chi connectivity index (χ0n) is 12.3. The van der Waals surface area contributed by atoms with Crippen molar-refractivity contribution < 1.29 is 4.79 Å². The number of aryl methyl sites for hydroxylation is 2. The number of aromatic nitrogens is 2. The summed E-state index contributed by atoms with van der Waals surface area (Å²) >= 11 is 0. The maximum atomic E-state index is 12.5. The van der Waals surface area contributed by atoms with Gasteiger partial charge in [0.25, 0.3) is 5.56 Å². The van der Waals surface area contributed by atoms with E-state index in [1.54, 1.807) is 13.8 Å². The van der Waals surface area contributed by atoms with E-state index in [0.29, 0.717) is 29.0 Å². The molecule has 3 rings (SSSR count). The summed E-state index contributed by atoms with van der Waals surface area (Å²) in [7, 11) is 0. The van der Waals surface area contributed by atoms with Gasteiger partial charge in [-0.1, -0.05) is 0 Å². The summed E-state index contributed by atoms with van der Waals surface area (Å²) < 4.78 is 0. The number of carbonyl (C=O) groups excluding carboxylic acids is 1. The van der Waals surface area contributed by atoms with Crippen molar-refractivity contribution in [2.24, 2.45) is 5.92 Å². The van der Waals surface area contributed by atoms with Crippen LogP contribution in [0.25, 0.3) is 0 Å². The van der Waals surface area contributed by atoms with Crippen LogP contribution in [-0.2, 0) is 11.2 Å². The number of likely N-dealkylation sites (tertiary alicyclic amines) is 1. The number of hydrogen-bond donors (Lipinski definition) is 2. The Bertz CT molecular complexity index is 601. The van der Waals surface area contributed by atoms with Gasteiger partial charge >= 0.3 is 0 Å². The molecule has 3 heterocycles. The lowest BCUT2D eigenvalue weighted by Gasteiger charge is -2.23. The van der Waals surface area contributed by atoms with Crippen molar-refractivity contribution in [2.45, 2.75) is 32.7 Å². The van der Waals surface area contributed by atoms with Crippen LogP contribution in [-0.4, -0.2) is 46.5 Å². The molecule has 6 nitrogen and oxygen atoms in total. The largest absolute Gasteiger partial charge is 0.338 e. The highest BCUT2D eigenvalue weighted by molar-refractivity contribution is 5.85. The molecule has 0 unspecified atom stereocenters. The van der Waals surface area contributed by atoms with Crippen LogP contribution in [0, 0.1) is 19.8 Å². The smallest absolute Gasteiger partial charge is 0.254 e. The van der Waals surface area contributed by atoms with E-state index in [4.69, 9.17) is 0 Å². The lowest BCUT2D eigenvalue weighted by atomic mass is 10.0. The van der Waals surface area contributed by atoms with Crippen LogP contribution in [0.3, 0.4) is 0 Å². The van der Waals surface area contributed by atoms with Crippen molar-refractivity contribution in [3.8, 4) is 0 Å². The molecular formula is C14H21ClN4O2. The lowest BCUT2D eigenvalue weighted by molar-refractivity contribution is -0.131. The third-order valence-corrected chi connectivity index (χ3v) is 4.43. The lowest BCUT2D eigenvalue weighted by Crippen LogP contribution is -2.40. The average molecular weight is 313 g/mol. The van der Waals surface area contributed by atoms with Gasteiger partial charge in [0.05, 0.1) is 6.42 Å². The zero-order chi connectivity index (χ0) is 14.3. The molecule has 0 spiro atoms. The third kappa shape index (κ3) is 2.96. The van der Waals surface area contributed by atoms with Gasteiger partial charge in [-0.3, -0.25) is 9.59 Å². The first-order valence-corrected chi connectivity index (χ1v) is 7.13. The Morgan fingerprint density at radius 3 is 2.86 bits per heavy atom. The van der Waals surface area contributed by atoms with Crippen molar-refractivity contribution in [1.82, 2.24) is 20.2 Å². The van der Waals surface area contributed by atoms with Crippen LogP contribution in [0.4, 0.5) is 0 Å². The minimum Gasteiger partial charge on any atom is -0.338 e. The first-order chi connectivity index (χ1) is 9.56. The van der Waals surface area contributed by atoms with Gasteiger partial charge in [-0.2, -0.15) is 0 Å². The van der Waals surface area contributed by atoms with Crippen LogP contribution in [0.1, 0.15) is 23.5 Å². The summed E-state index contributed by atoms with van der Waals surface area (Å²) in [4.78, 5) is 33.3. The standard InChI is InChI=1S/C14H20N4O2.ClH/c1-8-11(14(20)17-9(2)16-8)5-13(19)18-4-3-10-6-15-7-12(10)18;/h10,12,15H,3-7H2,1-2H3,(H,16,17,20);1H/t10-,12+;/m0./s1. The average Bonchev–Trinajstić information content (AvgIpc) is 2.95. The first-order valence-electron chi connectivity index (χ1n) is 7.13. The van der Waals surface area contributed by atoms with E-state index in [9.17, 15) is 9.59 Å². The van der Waals surface area contributed by atoms with Crippen molar-refractivity contribution in [1.29, 1.82) is 0 Å². The van der Waals surface area contributed by atoms with E-state index in [-0.39, 0.29) is 30.3 Å². The number of nitrogens with zero attached hydrogens (tertiary/aromatic N) is 2. The van der Waals surface area contributed by atoms with Crippen molar-refractivity contribution in [3.05, 3.63) is 27.4 Å². The maximum Gasteiger partial charge on any atom is 0.254 e. The van der Waals surface area contributed by atoms with Gasteiger partial charge in [0.15, 0.2) is 0 Å². The Hall–Kier alpha value is -1.40. The van der Waals surface area contributed by atoms with Crippen molar-refractivity contribution in [2.75, 3.05) is 19.6 Å². The first kappa shape index (κ1) is 16.0. The highest BCUT2D eigenvalue weighted by Crippen LogP contribution is 2.27. The molecule has 0 saturated carbocycles. The molecule has 21 heavy (non-hydrogen) atoms. The minimum absolute atomic E-state index is 0. The van der Waals surface area contributed by atoms with Gasteiger partial charge in [-0.25, -0.2) is 4.98 Å². The second-order valence-corrected chi connectivity index (χ2v) is 5.75. The summed E-state index contributed by atoms with van der Waals surface area (Å²) in [5.74, 6) is 1.21. The molecule has 1 aromatic rings. The Morgan fingerprint density at radius 1 is 1.38 bits per heavy atom. The van der Waals surface area contributed by atoms with E-state index in [1.165, 1.54) is 0 Å². The Labute approximate surface area is 129 Å². The van der Waals surface area contributed by atoms with E-state index < -0.39 is 0 Å². The molecule has 2 aliphatic rings. The quantitative estimate of drug-likeness (QED) is 0.816. The van der Waals surface area contributed by atoms with Gasteiger partial charge in [-0.15, -0.1) is 12.4 Å². The van der Waals surface area contributed by atoms with E-state index in [2.05, 4.69) is 15.3 Å². The number of halogens is 1. The number of rotatable bonds is 2. The number of fused-ring (bicyclic) bond motifs is 1. The zero-order valence-corrected chi connectivity index (χ0v) is 13.1. The summed E-state index contributed by atoms with van der Waals surface area (Å²) in [5.41, 5.74) is 0.957. The van der Waals surface area contributed by atoms with Gasteiger partial charge in [0, 0.05) is 36.9 Å². The summed E-state index contributed by atoms with van der Waals surface area (Å²) in [6.07, 6.45) is 1.21. The Balaban J connectivity index is 0.00000161. The predicted molar refractivity (Wildman–Crippen MR) is 81.8 cm³/mol. The molecule has 0 radical (unpaired) electrons. The van der Waals surface area contributed by atoms with Gasteiger partial charge in [0.1, 0.15) is 5.82 Å². The molecule has 1 aromatic heterocycles. The number of amides is 1. The van der Waals surface area contributed by atoms with Crippen LogP contribution in [0.5, 0.6) is 0 Å². The van der Waals surface area contributed by atoms with Crippen LogP contribution >= 0.6 is 12.4 Å². The van der Waals surface area contributed by atoms with Crippen LogP contribution < -0.4 is 10.9 Å². The fourth-order valence-electron chi connectivity index (χ4n) is 3.37. The van der Waals surface area contributed by atoms with Crippen LogP contribution in [0.2, 0.25) is 0 Å². The molecule has 2 aliphatic heterocycles. The van der Waals surface area contributed by atoms with Crippen molar-refractivity contribution >= 4 is 18.3 Å². The van der Waals surface area contributed by atoms with Gasteiger partial charge in [-0.05, 0) is 26.2 Å². The normalized spacial score (nSPS) is 23.8. The van der Waals surface area contributed by atoms with E-state index in [1.807, 2.05) is 4.90 Å². The highest BCUT2D eigenvalue weighted by atomic mass is 35.5. The molecule has 7 heteroatoms.